The highest BCUT2D eigenvalue weighted by molar-refractivity contribution is 7.92. The van der Waals surface area contributed by atoms with Gasteiger partial charge in [-0.25, -0.2) is 13.2 Å². The van der Waals surface area contributed by atoms with Gasteiger partial charge in [-0.1, -0.05) is 6.58 Å². The van der Waals surface area contributed by atoms with Crippen LogP contribution in [0.3, 0.4) is 0 Å². The zero-order valence-electron chi connectivity index (χ0n) is 9.93. The van der Waals surface area contributed by atoms with Crippen molar-refractivity contribution in [2.75, 3.05) is 13.1 Å². The van der Waals surface area contributed by atoms with Gasteiger partial charge in [-0.15, -0.1) is 0 Å². The molecule has 10 heteroatoms. The monoisotopic (exact) mass is 304 g/mol. The van der Waals surface area contributed by atoms with Gasteiger partial charge >= 0.3 is 12.1 Å². The molecule has 19 heavy (non-hydrogen) atoms. The fourth-order valence-electron chi connectivity index (χ4n) is 1.24. The highest BCUT2D eigenvalue weighted by Gasteiger charge is 2.38. The van der Waals surface area contributed by atoms with Crippen LogP contribution in [0, 0.1) is 0 Å². The maximum Gasteiger partial charge on any atom is 0.490 e. The lowest BCUT2D eigenvalue weighted by Gasteiger charge is -2.27. The largest absolute Gasteiger partial charge is 0.490 e. The quantitative estimate of drug-likeness (QED) is 0.774. The molecule has 0 spiro atoms. The minimum atomic E-state index is -5.08. The Morgan fingerprint density at radius 2 is 1.74 bits per heavy atom. The third kappa shape index (κ3) is 6.55. The van der Waals surface area contributed by atoms with Crippen molar-refractivity contribution >= 4 is 16.0 Å². The Morgan fingerprint density at radius 1 is 1.37 bits per heavy atom. The molecule has 0 atom stereocenters. The SMILES string of the molecule is C=CS(=O)(=O)N1CCC(N)CC1.O=C(O)C(F)(F)F. The highest BCUT2D eigenvalue weighted by atomic mass is 32.2. The van der Waals surface area contributed by atoms with Crippen LogP contribution in [0.25, 0.3) is 0 Å². The number of piperidine rings is 1. The van der Waals surface area contributed by atoms with Crippen LogP contribution in [0.15, 0.2) is 12.0 Å². The molecule has 1 heterocycles. The number of rotatable bonds is 2. The first kappa shape index (κ1) is 17.9. The zero-order chi connectivity index (χ0) is 15.3. The number of nitrogens with zero attached hydrogens (tertiary/aromatic N) is 1. The third-order valence-electron chi connectivity index (χ3n) is 2.31. The fourth-order valence-corrected chi connectivity index (χ4v) is 2.17. The Morgan fingerprint density at radius 3 is 2.00 bits per heavy atom. The molecule has 0 bridgehead atoms. The minimum Gasteiger partial charge on any atom is -0.475 e. The first-order chi connectivity index (χ1) is 8.50. The summed E-state index contributed by atoms with van der Waals surface area (Å²) in [4.78, 5) is 8.90. The summed E-state index contributed by atoms with van der Waals surface area (Å²) in [5, 5.41) is 8.11. The molecule has 1 rings (SSSR count). The molecular formula is C9H15F3N2O4S. The van der Waals surface area contributed by atoms with Gasteiger partial charge < -0.3 is 10.8 Å². The lowest BCUT2D eigenvalue weighted by molar-refractivity contribution is -0.192. The van der Waals surface area contributed by atoms with E-state index in [4.69, 9.17) is 15.6 Å². The minimum absolute atomic E-state index is 0.154. The van der Waals surface area contributed by atoms with Crippen molar-refractivity contribution in [1.29, 1.82) is 0 Å². The normalized spacial score (nSPS) is 18.3. The van der Waals surface area contributed by atoms with Gasteiger partial charge in [0.1, 0.15) is 0 Å². The van der Waals surface area contributed by atoms with E-state index in [2.05, 4.69) is 6.58 Å². The van der Waals surface area contributed by atoms with Crippen molar-refractivity contribution in [2.24, 2.45) is 5.73 Å². The molecule has 0 radical (unpaired) electrons. The number of hydrogen-bond acceptors (Lipinski definition) is 4. The molecular weight excluding hydrogens is 289 g/mol. The summed E-state index contributed by atoms with van der Waals surface area (Å²) in [6.45, 7) is 4.31. The predicted octanol–water partition coefficient (Wildman–Crippen LogP) is 0.516. The molecule has 0 aromatic rings. The first-order valence-electron chi connectivity index (χ1n) is 5.19. The molecule has 0 amide bonds. The molecule has 6 nitrogen and oxygen atoms in total. The molecule has 0 saturated carbocycles. The zero-order valence-corrected chi connectivity index (χ0v) is 10.7. The van der Waals surface area contributed by atoms with Crippen LogP contribution in [0.2, 0.25) is 0 Å². The van der Waals surface area contributed by atoms with Crippen molar-refractivity contribution in [3.8, 4) is 0 Å². The van der Waals surface area contributed by atoms with E-state index >= 15 is 0 Å². The van der Waals surface area contributed by atoms with Gasteiger partial charge in [0, 0.05) is 24.5 Å². The van der Waals surface area contributed by atoms with E-state index in [1.165, 1.54) is 4.31 Å². The second kappa shape index (κ2) is 6.87. The van der Waals surface area contributed by atoms with Gasteiger partial charge in [-0.3, -0.25) is 0 Å². The summed E-state index contributed by atoms with van der Waals surface area (Å²) < 4.78 is 55.6. The number of carboxylic acids is 1. The second-order valence-corrected chi connectivity index (χ2v) is 5.63. The summed E-state index contributed by atoms with van der Waals surface area (Å²) in [6, 6.07) is 0.154. The van der Waals surface area contributed by atoms with E-state index in [0.29, 0.717) is 13.1 Å². The van der Waals surface area contributed by atoms with Gasteiger partial charge in [0.15, 0.2) is 0 Å². The topological polar surface area (TPSA) is 101 Å². The Hall–Kier alpha value is -1.13. The summed E-state index contributed by atoms with van der Waals surface area (Å²) in [5.74, 6) is -2.76. The maximum absolute atomic E-state index is 11.2. The fraction of sp³-hybridized carbons (Fsp3) is 0.667. The van der Waals surface area contributed by atoms with Crippen molar-refractivity contribution in [3.05, 3.63) is 12.0 Å². The van der Waals surface area contributed by atoms with E-state index < -0.39 is 22.2 Å². The number of carboxylic acid groups (broad SMARTS) is 1. The lowest BCUT2D eigenvalue weighted by atomic mass is 10.1. The van der Waals surface area contributed by atoms with Crippen molar-refractivity contribution < 1.29 is 31.5 Å². The molecule has 3 N–H and O–H groups in total. The summed E-state index contributed by atoms with van der Waals surface area (Å²) in [7, 11) is -3.20. The number of halogens is 3. The number of hydrogen-bond donors (Lipinski definition) is 2. The number of alkyl halides is 3. The summed E-state index contributed by atoms with van der Waals surface area (Å²) in [5.41, 5.74) is 5.63. The van der Waals surface area contributed by atoms with Gasteiger partial charge in [0.25, 0.3) is 0 Å². The van der Waals surface area contributed by atoms with Crippen molar-refractivity contribution in [3.63, 3.8) is 0 Å². The Labute approximate surface area is 108 Å². The van der Waals surface area contributed by atoms with E-state index in [9.17, 15) is 21.6 Å². The molecule has 0 aliphatic carbocycles. The van der Waals surface area contributed by atoms with E-state index in [0.717, 1.165) is 18.2 Å². The number of nitrogens with two attached hydrogens (primary N) is 1. The molecule has 1 saturated heterocycles. The Kier molecular flexibility index (Phi) is 6.46. The van der Waals surface area contributed by atoms with E-state index in [-0.39, 0.29) is 6.04 Å². The van der Waals surface area contributed by atoms with Crippen LogP contribution in [-0.4, -0.2) is 49.1 Å². The second-order valence-electron chi connectivity index (χ2n) is 3.75. The average Bonchev–Trinajstić information content (AvgIpc) is 2.29. The van der Waals surface area contributed by atoms with E-state index in [1.54, 1.807) is 0 Å². The average molecular weight is 304 g/mol. The van der Waals surface area contributed by atoms with Crippen LogP contribution < -0.4 is 5.73 Å². The smallest absolute Gasteiger partial charge is 0.475 e. The van der Waals surface area contributed by atoms with Gasteiger partial charge in [0.2, 0.25) is 10.0 Å². The summed E-state index contributed by atoms with van der Waals surface area (Å²) in [6.07, 6.45) is -3.60. The van der Waals surface area contributed by atoms with Gasteiger partial charge in [-0.05, 0) is 12.8 Å². The lowest BCUT2D eigenvalue weighted by Crippen LogP contribution is -2.41. The van der Waals surface area contributed by atoms with Crippen LogP contribution >= 0.6 is 0 Å². The van der Waals surface area contributed by atoms with Crippen LogP contribution in [0.5, 0.6) is 0 Å². The molecule has 0 aromatic heterocycles. The van der Waals surface area contributed by atoms with E-state index in [1.807, 2.05) is 0 Å². The van der Waals surface area contributed by atoms with Gasteiger partial charge in [-0.2, -0.15) is 17.5 Å². The number of sulfonamides is 1. The number of aliphatic carboxylic acids is 1. The molecule has 0 aromatic carbocycles. The molecule has 1 aliphatic rings. The van der Waals surface area contributed by atoms with Crippen LogP contribution in [-0.2, 0) is 14.8 Å². The molecule has 0 unspecified atom stereocenters. The highest BCUT2D eigenvalue weighted by Crippen LogP contribution is 2.13. The first-order valence-corrected chi connectivity index (χ1v) is 6.69. The maximum atomic E-state index is 11.2. The Balaban J connectivity index is 0.000000399. The van der Waals surface area contributed by atoms with Crippen molar-refractivity contribution in [1.82, 2.24) is 4.31 Å². The molecule has 1 fully saturated rings. The van der Waals surface area contributed by atoms with Crippen LogP contribution in [0.4, 0.5) is 13.2 Å². The standard InChI is InChI=1S/C7H14N2O2S.C2HF3O2/c1-2-12(10,11)9-5-3-7(8)4-6-9;3-2(4,5)1(6)7/h2,7H,1,3-6,8H2;(H,6,7). The predicted molar refractivity (Wildman–Crippen MR) is 61.6 cm³/mol. The van der Waals surface area contributed by atoms with Gasteiger partial charge in [0.05, 0.1) is 0 Å². The summed E-state index contributed by atoms with van der Waals surface area (Å²) >= 11 is 0. The number of carbonyl (C=O) groups is 1. The molecule has 112 valence electrons. The Bertz CT molecular complexity index is 414. The molecule has 1 aliphatic heterocycles. The third-order valence-corrected chi connectivity index (χ3v) is 3.82. The van der Waals surface area contributed by atoms with Crippen molar-refractivity contribution in [2.45, 2.75) is 25.1 Å². The van der Waals surface area contributed by atoms with Crippen LogP contribution in [0.1, 0.15) is 12.8 Å².